The fourth-order valence-electron chi connectivity index (χ4n) is 3.26. The molecule has 118 valence electrons. The van der Waals surface area contributed by atoms with E-state index in [4.69, 9.17) is 0 Å². The number of piperidine rings is 1. The fourth-order valence-corrected chi connectivity index (χ4v) is 3.26. The van der Waals surface area contributed by atoms with Crippen LogP contribution in [0.2, 0.25) is 0 Å². The van der Waals surface area contributed by atoms with E-state index in [2.05, 4.69) is 38.3 Å². The summed E-state index contributed by atoms with van der Waals surface area (Å²) in [6.45, 7) is 11.1. The van der Waals surface area contributed by atoms with Crippen molar-refractivity contribution in [2.24, 2.45) is 16.7 Å². The average Bonchev–Trinajstić information content (AvgIpc) is 3.00. The Hall–Kier alpha value is -0.280. The number of nitrogens with one attached hydrogen (secondary N) is 2. The summed E-state index contributed by atoms with van der Waals surface area (Å²) >= 11 is 0. The van der Waals surface area contributed by atoms with Crippen molar-refractivity contribution < 1.29 is 4.79 Å². The second-order valence-electron chi connectivity index (χ2n) is 7.88. The van der Waals surface area contributed by atoms with Crippen molar-refractivity contribution in [2.45, 2.75) is 65.8 Å². The largest absolute Gasteiger partial charge is 0.353 e. The Kier molecular flexibility index (Phi) is 5.91. The molecule has 2 unspecified atom stereocenters. The predicted octanol–water partition coefficient (Wildman–Crippen LogP) is 3.13. The van der Waals surface area contributed by atoms with E-state index in [1.54, 1.807) is 0 Å². The van der Waals surface area contributed by atoms with Gasteiger partial charge in [-0.05, 0) is 62.9 Å². The predicted molar refractivity (Wildman–Crippen MR) is 86.2 cm³/mol. The number of halogens is 1. The molecule has 20 heavy (non-hydrogen) atoms. The zero-order valence-electron chi connectivity index (χ0n) is 13.4. The van der Waals surface area contributed by atoms with Crippen LogP contribution in [0.25, 0.3) is 0 Å². The van der Waals surface area contributed by atoms with Crippen LogP contribution in [-0.4, -0.2) is 25.0 Å². The molecule has 1 aliphatic heterocycles. The Morgan fingerprint density at radius 2 is 1.95 bits per heavy atom. The molecule has 1 saturated heterocycles. The van der Waals surface area contributed by atoms with Crippen molar-refractivity contribution in [2.75, 3.05) is 13.1 Å². The van der Waals surface area contributed by atoms with Crippen LogP contribution in [0, 0.1) is 16.7 Å². The third-order valence-electron chi connectivity index (χ3n) is 4.82. The molecule has 2 aliphatic rings. The summed E-state index contributed by atoms with van der Waals surface area (Å²) in [6.07, 6.45) is 5.72. The molecule has 0 bridgehead atoms. The van der Waals surface area contributed by atoms with E-state index in [0.29, 0.717) is 28.7 Å². The van der Waals surface area contributed by atoms with E-state index in [9.17, 15) is 4.79 Å². The van der Waals surface area contributed by atoms with Crippen LogP contribution in [0.3, 0.4) is 0 Å². The van der Waals surface area contributed by atoms with Crippen molar-refractivity contribution in [3.05, 3.63) is 0 Å². The molecule has 0 radical (unpaired) electrons. The van der Waals surface area contributed by atoms with Crippen LogP contribution >= 0.6 is 12.4 Å². The summed E-state index contributed by atoms with van der Waals surface area (Å²) < 4.78 is 0. The van der Waals surface area contributed by atoms with Gasteiger partial charge in [-0.25, -0.2) is 0 Å². The molecule has 0 aromatic carbocycles. The maximum Gasteiger partial charge on any atom is 0.223 e. The Bertz CT molecular complexity index is 332. The van der Waals surface area contributed by atoms with E-state index in [-0.39, 0.29) is 12.4 Å². The Morgan fingerprint density at radius 1 is 1.35 bits per heavy atom. The van der Waals surface area contributed by atoms with E-state index in [1.165, 1.54) is 12.8 Å². The van der Waals surface area contributed by atoms with Crippen molar-refractivity contribution in [3.63, 3.8) is 0 Å². The van der Waals surface area contributed by atoms with Gasteiger partial charge in [0.05, 0.1) is 0 Å². The quantitative estimate of drug-likeness (QED) is 0.838. The first-order valence-electron chi connectivity index (χ1n) is 7.84. The van der Waals surface area contributed by atoms with Crippen molar-refractivity contribution in [3.8, 4) is 0 Å². The molecular formula is C16H31ClN2O. The average molecular weight is 303 g/mol. The lowest BCUT2D eigenvalue weighted by atomic mass is 9.89. The number of carbonyl (C=O) groups is 1. The molecule has 2 fully saturated rings. The maximum absolute atomic E-state index is 12.3. The number of hydrogen-bond acceptors (Lipinski definition) is 2. The molecule has 2 rings (SSSR count). The minimum atomic E-state index is 0. The molecule has 1 spiro atoms. The van der Waals surface area contributed by atoms with Gasteiger partial charge in [-0.2, -0.15) is 0 Å². The summed E-state index contributed by atoms with van der Waals surface area (Å²) in [4.78, 5) is 12.3. The Labute approximate surface area is 130 Å². The number of rotatable bonds is 4. The van der Waals surface area contributed by atoms with Crippen LogP contribution < -0.4 is 10.6 Å². The van der Waals surface area contributed by atoms with Crippen molar-refractivity contribution in [1.82, 2.24) is 10.6 Å². The van der Waals surface area contributed by atoms with Gasteiger partial charge in [0, 0.05) is 12.0 Å². The van der Waals surface area contributed by atoms with Gasteiger partial charge >= 0.3 is 0 Å². The van der Waals surface area contributed by atoms with Gasteiger partial charge in [-0.1, -0.05) is 20.8 Å². The number of amides is 1. The highest BCUT2D eigenvalue weighted by Crippen LogP contribution is 2.58. The SMILES string of the molecule is CC(CCC(C)(C)C)NC(=O)C1CC12CCNCC2.Cl. The van der Waals surface area contributed by atoms with Gasteiger partial charge in [0.1, 0.15) is 0 Å². The topological polar surface area (TPSA) is 41.1 Å². The van der Waals surface area contributed by atoms with Gasteiger partial charge < -0.3 is 10.6 Å². The highest BCUT2D eigenvalue weighted by atomic mass is 35.5. The monoisotopic (exact) mass is 302 g/mol. The van der Waals surface area contributed by atoms with E-state index in [0.717, 1.165) is 32.4 Å². The molecule has 2 atom stereocenters. The molecule has 1 heterocycles. The number of hydrogen-bond donors (Lipinski definition) is 2. The second-order valence-corrected chi connectivity index (χ2v) is 7.88. The third kappa shape index (κ3) is 4.63. The van der Waals surface area contributed by atoms with E-state index >= 15 is 0 Å². The van der Waals surface area contributed by atoms with Crippen LogP contribution in [-0.2, 0) is 4.79 Å². The van der Waals surface area contributed by atoms with Gasteiger partial charge in [0.2, 0.25) is 5.91 Å². The lowest BCUT2D eigenvalue weighted by Gasteiger charge is -2.24. The minimum absolute atomic E-state index is 0. The molecule has 0 aromatic heterocycles. The summed E-state index contributed by atoms with van der Waals surface area (Å²) in [6, 6.07) is 0.311. The highest BCUT2D eigenvalue weighted by molar-refractivity contribution is 5.85. The van der Waals surface area contributed by atoms with E-state index < -0.39 is 0 Å². The minimum Gasteiger partial charge on any atom is -0.353 e. The summed E-state index contributed by atoms with van der Waals surface area (Å²) in [7, 11) is 0. The van der Waals surface area contributed by atoms with Gasteiger partial charge in [0.15, 0.2) is 0 Å². The second kappa shape index (κ2) is 6.65. The first-order chi connectivity index (χ1) is 8.82. The Balaban J connectivity index is 0.00000200. The summed E-state index contributed by atoms with van der Waals surface area (Å²) in [5.74, 6) is 0.606. The molecule has 1 saturated carbocycles. The van der Waals surface area contributed by atoms with Gasteiger partial charge in [-0.3, -0.25) is 4.79 Å². The molecule has 0 aromatic rings. The first-order valence-corrected chi connectivity index (χ1v) is 7.84. The van der Waals surface area contributed by atoms with E-state index in [1.807, 2.05) is 0 Å². The molecule has 4 heteroatoms. The van der Waals surface area contributed by atoms with Gasteiger partial charge in [0.25, 0.3) is 0 Å². The fraction of sp³-hybridized carbons (Fsp3) is 0.938. The first kappa shape index (κ1) is 17.8. The zero-order chi connectivity index (χ0) is 14.1. The third-order valence-corrected chi connectivity index (χ3v) is 4.82. The molecule has 1 aliphatic carbocycles. The zero-order valence-corrected chi connectivity index (χ0v) is 14.2. The molecule has 1 amide bonds. The molecular weight excluding hydrogens is 272 g/mol. The number of carbonyl (C=O) groups excluding carboxylic acids is 1. The normalized spacial score (nSPS) is 25.7. The smallest absolute Gasteiger partial charge is 0.223 e. The standard InChI is InChI=1S/C16H30N2O.ClH/c1-12(5-6-15(2,3)4)18-14(19)13-11-16(13)7-9-17-10-8-16;/h12-13,17H,5-11H2,1-4H3,(H,18,19);1H. The van der Waals surface area contributed by atoms with Crippen molar-refractivity contribution >= 4 is 18.3 Å². The molecule has 3 nitrogen and oxygen atoms in total. The summed E-state index contributed by atoms with van der Waals surface area (Å²) in [5, 5.41) is 6.61. The van der Waals surface area contributed by atoms with Crippen LogP contribution in [0.15, 0.2) is 0 Å². The highest BCUT2D eigenvalue weighted by Gasteiger charge is 2.57. The lowest BCUT2D eigenvalue weighted by molar-refractivity contribution is -0.124. The van der Waals surface area contributed by atoms with Crippen LogP contribution in [0.1, 0.15) is 59.8 Å². The lowest BCUT2D eigenvalue weighted by Crippen LogP contribution is -2.37. The Morgan fingerprint density at radius 3 is 2.50 bits per heavy atom. The summed E-state index contributed by atoms with van der Waals surface area (Å²) in [5.41, 5.74) is 0.716. The van der Waals surface area contributed by atoms with Crippen LogP contribution in [0.4, 0.5) is 0 Å². The van der Waals surface area contributed by atoms with Crippen molar-refractivity contribution in [1.29, 1.82) is 0 Å². The molecule has 2 N–H and O–H groups in total. The maximum atomic E-state index is 12.3. The van der Waals surface area contributed by atoms with Crippen LogP contribution in [0.5, 0.6) is 0 Å². The van der Waals surface area contributed by atoms with Gasteiger partial charge in [-0.15, -0.1) is 12.4 Å².